The number of rotatable bonds is 2. The number of likely N-dealkylation sites (tertiary alicyclic amines) is 1. The molecule has 0 radical (unpaired) electrons. The van der Waals surface area contributed by atoms with Crippen molar-refractivity contribution in [1.29, 1.82) is 0 Å². The molecule has 1 aliphatic heterocycles. The summed E-state index contributed by atoms with van der Waals surface area (Å²) >= 11 is 3.47. The van der Waals surface area contributed by atoms with E-state index in [9.17, 15) is 9.90 Å². The van der Waals surface area contributed by atoms with E-state index in [2.05, 4.69) is 15.9 Å². The fraction of sp³-hybridized carbons (Fsp3) is 0.533. The molecule has 0 bridgehead atoms. The fourth-order valence-electron chi connectivity index (χ4n) is 2.53. The molecule has 104 valence electrons. The zero-order valence-corrected chi connectivity index (χ0v) is 12.8. The van der Waals surface area contributed by atoms with Crippen molar-refractivity contribution in [2.45, 2.75) is 38.6 Å². The molecule has 0 spiro atoms. The molecule has 4 heteroatoms. The van der Waals surface area contributed by atoms with Gasteiger partial charge in [0.1, 0.15) is 0 Å². The quantitative estimate of drug-likeness (QED) is 0.907. The van der Waals surface area contributed by atoms with Gasteiger partial charge in [0.05, 0.1) is 12.6 Å². The van der Waals surface area contributed by atoms with Gasteiger partial charge in [0.15, 0.2) is 0 Å². The number of amides is 1. The normalized spacial score (nSPS) is 20.2. The van der Waals surface area contributed by atoms with Crippen LogP contribution in [0.1, 0.15) is 41.6 Å². The molecular formula is C15H20BrNO2. The lowest BCUT2D eigenvalue weighted by Gasteiger charge is -2.28. The van der Waals surface area contributed by atoms with Crippen molar-refractivity contribution in [2.24, 2.45) is 0 Å². The van der Waals surface area contributed by atoms with Crippen LogP contribution >= 0.6 is 15.9 Å². The van der Waals surface area contributed by atoms with Crippen LogP contribution in [-0.4, -0.2) is 35.1 Å². The summed E-state index contributed by atoms with van der Waals surface area (Å²) in [6.45, 7) is 2.80. The minimum Gasteiger partial charge on any atom is -0.394 e. The molecule has 0 saturated carbocycles. The Labute approximate surface area is 122 Å². The van der Waals surface area contributed by atoms with Gasteiger partial charge in [-0.05, 0) is 37.5 Å². The second-order valence-electron chi connectivity index (χ2n) is 5.15. The number of halogens is 1. The summed E-state index contributed by atoms with van der Waals surface area (Å²) in [6.07, 6.45) is 4.15. The van der Waals surface area contributed by atoms with Gasteiger partial charge < -0.3 is 10.0 Å². The monoisotopic (exact) mass is 325 g/mol. The summed E-state index contributed by atoms with van der Waals surface area (Å²) in [5.74, 6) is 0.0293. The van der Waals surface area contributed by atoms with Gasteiger partial charge in [-0.2, -0.15) is 0 Å². The second kappa shape index (κ2) is 6.53. The van der Waals surface area contributed by atoms with E-state index < -0.39 is 0 Å². The summed E-state index contributed by atoms with van der Waals surface area (Å²) in [5.41, 5.74) is 1.81. The SMILES string of the molecule is Cc1ccc(C(=O)N2CCCCCC2CO)cc1Br. The zero-order chi connectivity index (χ0) is 13.8. The standard InChI is InChI=1S/C15H20BrNO2/c1-11-6-7-12(9-14(11)16)15(19)17-8-4-2-3-5-13(17)10-18/h6-7,9,13,18H,2-5,8,10H2,1H3. The summed E-state index contributed by atoms with van der Waals surface area (Å²) in [4.78, 5) is 14.4. The number of hydrogen-bond donors (Lipinski definition) is 1. The topological polar surface area (TPSA) is 40.5 Å². The van der Waals surface area contributed by atoms with Crippen LogP contribution in [0.25, 0.3) is 0 Å². The average Bonchev–Trinajstić information content (AvgIpc) is 2.66. The number of nitrogens with zero attached hydrogens (tertiary/aromatic N) is 1. The lowest BCUT2D eigenvalue weighted by molar-refractivity contribution is 0.0599. The number of benzene rings is 1. The molecule has 1 fully saturated rings. The Hall–Kier alpha value is -0.870. The highest BCUT2D eigenvalue weighted by atomic mass is 79.9. The molecule has 0 aliphatic carbocycles. The van der Waals surface area contributed by atoms with Crippen LogP contribution in [0.4, 0.5) is 0 Å². The van der Waals surface area contributed by atoms with E-state index in [0.29, 0.717) is 5.56 Å². The summed E-state index contributed by atoms with van der Waals surface area (Å²) in [5, 5.41) is 9.48. The van der Waals surface area contributed by atoms with Gasteiger partial charge >= 0.3 is 0 Å². The number of carbonyl (C=O) groups is 1. The van der Waals surface area contributed by atoms with E-state index in [0.717, 1.165) is 42.3 Å². The van der Waals surface area contributed by atoms with Crippen molar-refractivity contribution >= 4 is 21.8 Å². The van der Waals surface area contributed by atoms with Crippen molar-refractivity contribution in [1.82, 2.24) is 4.90 Å². The Morgan fingerprint density at radius 1 is 1.42 bits per heavy atom. The first-order valence-corrected chi connectivity index (χ1v) is 7.60. The number of hydrogen-bond acceptors (Lipinski definition) is 2. The molecule has 1 atom stereocenters. The highest BCUT2D eigenvalue weighted by Gasteiger charge is 2.25. The highest BCUT2D eigenvalue weighted by Crippen LogP contribution is 2.22. The Balaban J connectivity index is 2.22. The predicted octanol–water partition coefficient (Wildman–Crippen LogP) is 3.13. The Bertz CT molecular complexity index is 461. The fourth-order valence-corrected chi connectivity index (χ4v) is 2.91. The molecule has 1 saturated heterocycles. The third kappa shape index (κ3) is 3.37. The molecule has 1 aromatic carbocycles. The van der Waals surface area contributed by atoms with Gasteiger partial charge in [0, 0.05) is 16.6 Å². The largest absolute Gasteiger partial charge is 0.394 e. The van der Waals surface area contributed by atoms with Crippen molar-refractivity contribution < 1.29 is 9.90 Å². The van der Waals surface area contributed by atoms with Crippen LogP contribution < -0.4 is 0 Å². The lowest BCUT2D eigenvalue weighted by atomic mass is 10.1. The first kappa shape index (κ1) is 14.5. The predicted molar refractivity (Wildman–Crippen MR) is 79.3 cm³/mol. The Kier molecular flexibility index (Phi) is 4.99. The second-order valence-corrected chi connectivity index (χ2v) is 6.00. The highest BCUT2D eigenvalue weighted by molar-refractivity contribution is 9.10. The van der Waals surface area contributed by atoms with Gasteiger partial charge in [0.2, 0.25) is 0 Å². The third-order valence-corrected chi connectivity index (χ3v) is 4.62. The van der Waals surface area contributed by atoms with Crippen molar-refractivity contribution in [2.75, 3.05) is 13.2 Å². The molecule has 1 aliphatic rings. The number of aliphatic hydroxyl groups excluding tert-OH is 1. The van der Waals surface area contributed by atoms with E-state index >= 15 is 0 Å². The van der Waals surface area contributed by atoms with Crippen LogP contribution in [0.3, 0.4) is 0 Å². The van der Waals surface area contributed by atoms with Gasteiger partial charge in [-0.15, -0.1) is 0 Å². The molecule has 0 aromatic heterocycles. The lowest BCUT2D eigenvalue weighted by Crippen LogP contribution is -2.42. The van der Waals surface area contributed by atoms with Crippen LogP contribution in [-0.2, 0) is 0 Å². The Morgan fingerprint density at radius 2 is 2.21 bits per heavy atom. The van der Waals surface area contributed by atoms with Crippen LogP contribution in [0.5, 0.6) is 0 Å². The molecule has 19 heavy (non-hydrogen) atoms. The summed E-state index contributed by atoms with van der Waals surface area (Å²) < 4.78 is 0.953. The minimum atomic E-state index is -0.0323. The third-order valence-electron chi connectivity index (χ3n) is 3.77. The van der Waals surface area contributed by atoms with Gasteiger partial charge in [-0.1, -0.05) is 34.8 Å². The maximum atomic E-state index is 12.6. The van der Waals surface area contributed by atoms with E-state index in [4.69, 9.17) is 0 Å². The molecule has 1 N–H and O–H groups in total. The zero-order valence-electron chi connectivity index (χ0n) is 11.2. The number of aliphatic hydroxyl groups is 1. The summed E-state index contributed by atoms with van der Waals surface area (Å²) in [6, 6.07) is 5.65. The van der Waals surface area contributed by atoms with Crippen LogP contribution in [0.2, 0.25) is 0 Å². The van der Waals surface area contributed by atoms with E-state index in [1.165, 1.54) is 0 Å². The van der Waals surface area contributed by atoms with E-state index in [1.54, 1.807) is 0 Å². The number of aryl methyl sites for hydroxylation is 1. The van der Waals surface area contributed by atoms with Gasteiger partial charge in [-0.3, -0.25) is 4.79 Å². The first-order chi connectivity index (χ1) is 9.13. The maximum Gasteiger partial charge on any atom is 0.254 e. The van der Waals surface area contributed by atoms with Crippen molar-refractivity contribution in [3.8, 4) is 0 Å². The molecule has 1 unspecified atom stereocenters. The van der Waals surface area contributed by atoms with E-state index in [1.807, 2.05) is 30.0 Å². The molecule has 3 nitrogen and oxygen atoms in total. The maximum absolute atomic E-state index is 12.6. The van der Waals surface area contributed by atoms with Crippen LogP contribution in [0, 0.1) is 6.92 Å². The molecule has 1 heterocycles. The minimum absolute atomic E-state index is 0.0293. The van der Waals surface area contributed by atoms with Gasteiger partial charge in [0.25, 0.3) is 5.91 Å². The van der Waals surface area contributed by atoms with E-state index in [-0.39, 0.29) is 18.6 Å². The van der Waals surface area contributed by atoms with Crippen molar-refractivity contribution in [3.05, 3.63) is 33.8 Å². The van der Waals surface area contributed by atoms with Gasteiger partial charge in [-0.25, -0.2) is 0 Å². The summed E-state index contributed by atoms with van der Waals surface area (Å²) in [7, 11) is 0. The molecule has 1 amide bonds. The first-order valence-electron chi connectivity index (χ1n) is 6.81. The van der Waals surface area contributed by atoms with Crippen LogP contribution in [0.15, 0.2) is 22.7 Å². The molecule has 2 rings (SSSR count). The number of carbonyl (C=O) groups excluding carboxylic acids is 1. The molecular weight excluding hydrogens is 306 g/mol. The Morgan fingerprint density at radius 3 is 2.89 bits per heavy atom. The molecule has 1 aromatic rings. The smallest absolute Gasteiger partial charge is 0.254 e. The van der Waals surface area contributed by atoms with Crippen molar-refractivity contribution in [3.63, 3.8) is 0 Å². The average molecular weight is 326 g/mol.